The Morgan fingerprint density at radius 2 is 2.06 bits per heavy atom. The molecule has 0 heterocycles. The normalized spacial score (nSPS) is 11.9. The maximum atomic E-state index is 12.7. The van der Waals surface area contributed by atoms with Gasteiger partial charge in [0, 0.05) is 5.69 Å². The summed E-state index contributed by atoms with van der Waals surface area (Å²) in [5, 5.41) is 3.05. The van der Waals surface area contributed by atoms with Crippen LogP contribution in [-0.2, 0) is 9.53 Å². The van der Waals surface area contributed by atoms with Crippen LogP contribution in [0.4, 0.5) is 10.1 Å². The molecule has 0 aliphatic heterocycles. The Morgan fingerprint density at radius 3 is 2.59 bits per heavy atom. The van der Waals surface area contributed by atoms with Gasteiger partial charge in [-0.05, 0) is 30.7 Å². The molecule has 0 aromatic heterocycles. The third-order valence-electron chi connectivity index (χ3n) is 2.52. The second kappa shape index (κ2) is 6.89. The summed E-state index contributed by atoms with van der Waals surface area (Å²) in [5.74, 6) is -0.582. The highest BCUT2D eigenvalue weighted by Gasteiger charge is 2.17. The number of hydrogen-bond donors (Lipinski definition) is 1. The monoisotopic (exact) mass is 239 g/mol. The number of carbonyl (C=O) groups excluding carboxylic acids is 1. The van der Waals surface area contributed by atoms with Crippen LogP contribution >= 0.6 is 0 Å². The molecule has 0 fully saturated rings. The summed E-state index contributed by atoms with van der Waals surface area (Å²) in [6, 6.07) is 5.56. The van der Waals surface area contributed by atoms with E-state index in [1.165, 1.54) is 19.2 Å². The number of methoxy groups -OCH3 is 1. The van der Waals surface area contributed by atoms with Crippen molar-refractivity contribution in [1.82, 2.24) is 0 Å². The van der Waals surface area contributed by atoms with E-state index in [0.717, 1.165) is 18.5 Å². The van der Waals surface area contributed by atoms with Crippen LogP contribution < -0.4 is 5.32 Å². The molecule has 17 heavy (non-hydrogen) atoms. The molecule has 1 aromatic carbocycles. The predicted octanol–water partition coefficient (Wildman–Crippen LogP) is 2.97. The van der Waals surface area contributed by atoms with Crippen molar-refractivity contribution >= 4 is 11.7 Å². The second-order valence-electron chi connectivity index (χ2n) is 3.87. The standard InChI is InChI=1S/C13H18FNO2/c1-3-4-5-12(13(16)17-2)15-11-8-6-10(14)7-9-11/h6-9,12,15H,3-5H2,1-2H3. The zero-order valence-corrected chi connectivity index (χ0v) is 10.2. The van der Waals surface area contributed by atoms with E-state index in [2.05, 4.69) is 12.2 Å². The maximum absolute atomic E-state index is 12.7. The van der Waals surface area contributed by atoms with Crippen LogP contribution in [0.2, 0.25) is 0 Å². The smallest absolute Gasteiger partial charge is 0.328 e. The molecule has 94 valence electrons. The fourth-order valence-corrected chi connectivity index (χ4v) is 1.55. The summed E-state index contributed by atoms with van der Waals surface area (Å²) in [4.78, 5) is 11.5. The van der Waals surface area contributed by atoms with E-state index < -0.39 is 0 Å². The molecule has 0 amide bonds. The fourth-order valence-electron chi connectivity index (χ4n) is 1.55. The van der Waals surface area contributed by atoms with Crippen molar-refractivity contribution in [2.75, 3.05) is 12.4 Å². The average molecular weight is 239 g/mol. The van der Waals surface area contributed by atoms with Crippen LogP contribution in [0.25, 0.3) is 0 Å². The molecule has 0 aliphatic carbocycles. The van der Waals surface area contributed by atoms with Gasteiger partial charge in [0.1, 0.15) is 11.9 Å². The van der Waals surface area contributed by atoms with E-state index in [1.807, 2.05) is 0 Å². The summed E-state index contributed by atoms with van der Waals surface area (Å²) in [6.45, 7) is 2.06. The maximum Gasteiger partial charge on any atom is 0.328 e. The van der Waals surface area contributed by atoms with E-state index in [9.17, 15) is 9.18 Å². The Hall–Kier alpha value is -1.58. The first-order chi connectivity index (χ1) is 8.17. The quantitative estimate of drug-likeness (QED) is 0.775. The SMILES string of the molecule is CCCCC(Nc1ccc(F)cc1)C(=O)OC. The first-order valence-electron chi connectivity index (χ1n) is 5.77. The van der Waals surface area contributed by atoms with Gasteiger partial charge >= 0.3 is 5.97 Å². The molecule has 3 nitrogen and oxygen atoms in total. The Bertz CT molecular complexity index is 351. The number of benzene rings is 1. The Balaban J connectivity index is 2.64. The largest absolute Gasteiger partial charge is 0.467 e. The predicted molar refractivity (Wildman–Crippen MR) is 65.4 cm³/mol. The molecule has 1 rings (SSSR count). The van der Waals surface area contributed by atoms with Crippen molar-refractivity contribution in [3.05, 3.63) is 30.1 Å². The van der Waals surface area contributed by atoms with Crippen LogP contribution in [0.1, 0.15) is 26.2 Å². The highest BCUT2D eigenvalue weighted by molar-refractivity contribution is 5.79. The molecule has 1 aromatic rings. The first-order valence-corrected chi connectivity index (χ1v) is 5.77. The number of carbonyl (C=O) groups is 1. The van der Waals surface area contributed by atoms with Gasteiger partial charge in [0.2, 0.25) is 0 Å². The lowest BCUT2D eigenvalue weighted by Crippen LogP contribution is -2.30. The minimum atomic E-state index is -0.370. The van der Waals surface area contributed by atoms with Gasteiger partial charge in [0.25, 0.3) is 0 Å². The van der Waals surface area contributed by atoms with Gasteiger partial charge in [-0.2, -0.15) is 0 Å². The van der Waals surface area contributed by atoms with Gasteiger partial charge < -0.3 is 10.1 Å². The Labute approximate surface area is 101 Å². The molecule has 1 N–H and O–H groups in total. The summed E-state index contributed by atoms with van der Waals surface area (Å²) < 4.78 is 17.5. The van der Waals surface area contributed by atoms with Crippen LogP contribution in [0, 0.1) is 5.82 Å². The van der Waals surface area contributed by atoms with Gasteiger partial charge in [-0.25, -0.2) is 9.18 Å². The number of anilines is 1. The highest BCUT2D eigenvalue weighted by atomic mass is 19.1. The molecule has 0 saturated carbocycles. The molecule has 0 spiro atoms. The van der Waals surface area contributed by atoms with Crippen molar-refractivity contribution in [2.24, 2.45) is 0 Å². The van der Waals surface area contributed by atoms with Crippen molar-refractivity contribution in [1.29, 1.82) is 0 Å². The summed E-state index contributed by atoms with van der Waals surface area (Å²) in [5.41, 5.74) is 0.720. The minimum Gasteiger partial charge on any atom is -0.467 e. The fraction of sp³-hybridized carbons (Fsp3) is 0.462. The molecule has 0 bridgehead atoms. The lowest BCUT2D eigenvalue weighted by molar-refractivity contribution is -0.141. The number of halogens is 1. The Kier molecular flexibility index (Phi) is 5.46. The molecule has 0 aliphatic rings. The third-order valence-corrected chi connectivity index (χ3v) is 2.52. The Morgan fingerprint density at radius 1 is 1.41 bits per heavy atom. The lowest BCUT2D eigenvalue weighted by atomic mass is 10.1. The van der Waals surface area contributed by atoms with Gasteiger partial charge in [-0.1, -0.05) is 19.8 Å². The number of unbranched alkanes of at least 4 members (excludes halogenated alkanes) is 1. The number of rotatable bonds is 6. The number of hydrogen-bond acceptors (Lipinski definition) is 3. The van der Waals surface area contributed by atoms with Crippen molar-refractivity contribution in [3.63, 3.8) is 0 Å². The van der Waals surface area contributed by atoms with Gasteiger partial charge in [-0.3, -0.25) is 0 Å². The molecule has 0 radical (unpaired) electrons. The van der Waals surface area contributed by atoms with E-state index in [0.29, 0.717) is 6.42 Å². The number of esters is 1. The van der Waals surface area contributed by atoms with Crippen LogP contribution in [0.5, 0.6) is 0 Å². The van der Waals surface area contributed by atoms with E-state index in [4.69, 9.17) is 4.74 Å². The van der Waals surface area contributed by atoms with Crippen LogP contribution in [-0.4, -0.2) is 19.1 Å². The molecule has 1 unspecified atom stereocenters. The highest BCUT2D eigenvalue weighted by Crippen LogP contribution is 2.13. The van der Waals surface area contributed by atoms with Crippen LogP contribution in [0.3, 0.4) is 0 Å². The molecular formula is C13H18FNO2. The topological polar surface area (TPSA) is 38.3 Å². The van der Waals surface area contributed by atoms with E-state index in [1.54, 1.807) is 12.1 Å². The lowest BCUT2D eigenvalue weighted by Gasteiger charge is -2.17. The third kappa shape index (κ3) is 4.43. The van der Waals surface area contributed by atoms with Crippen molar-refractivity contribution < 1.29 is 13.9 Å². The molecule has 0 saturated heterocycles. The number of ether oxygens (including phenoxy) is 1. The minimum absolute atomic E-state index is 0.289. The summed E-state index contributed by atoms with van der Waals surface area (Å²) in [6.07, 6.45) is 2.66. The van der Waals surface area contributed by atoms with Gasteiger partial charge in [-0.15, -0.1) is 0 Å². The first kappa shape index (κ1) is 13.5. The van der Waals surface area contributed by atoms with E-state index >= 15 is 0 Å². The van der Waals surface area contributed by atoms with Crippen molar-refractivity contribution in [2.45, 2.75) is 32.2 Å². The summed E-state index contributed by atoms with van der Waals surface area (Å²) in [7, 11) is 1.37. The van der Waals surface area contributed by atoms with Crippen molar-refractivity contribution in [3.8, 4) is 0 Å². The molecule has 4 heteroatoms. The second-order valence-corrected chi connectivity index (χ2v) is 3.87. The summed E-state index contributed by atoms with van der Waals surface area (Å²) >= 11 is 0. The zero-order valence-electron chi connectivity index (χ0n) is 10.2. The van der Waals surface area contributed by atoms with Gasteiger partial charge in [0.15, 0.2) is 0 Å². The molecular weight excluding hydrogens is 221 g/mol. The van der Waals surface area contributed by atoms with E-state index in [-0.39, 0.29) is 17.8 Å². The zero-order chi connectivity index (χ0) is 12.7. The average Bonchev–Trinajstić information content (AvgIpc) is 2.36. The van der Waals surface area contributed by atoms with Crippen LogP contribution in [0.15, 0.2) is 24.3 Å². The molecule has 1 atom stereocenters. The number of nitrogens with one attached hydrogen (secondary N) is 1. The van der Waals surface area contributed by atoms with Gasteiger partial charge in [0.05, 0.1) is 7.11 Å².